The molecule has 0 atom stereocenters. The van der Waals surface area contributed by atoms with Gasteiger partial charge in [0.1, 0.15) is 5.75 Å². The van der Waals surface area contributed by atoms with Gasteiger partial charge in [0.15, 0.2) is 6.61 Å². The third-order valence-electron chi connectivity index (χ3n) is 4.48. The number of nitrogens with zero attached hydrogens (tertiary/aromatic N) is 2. The summed E-state index contributed by atoms with van der Waals surface area (Å²) in [5.41, 5.74) is 4.41. The smallest absolute Gasteiger partial charge is 0.264 e. The highest BCUT2D eigenvalue weighted by Crippen LogP contribution is 2.27. The van der Waals surface area contributed by atoms with Crippen LogP contribution in [-0.4, -0.2) is 24.5 Å². The molecule has 0 unspecified atom stereocenters. The number of rotatable bonds is 5. The Morgan fingerprint density at radius 1 is 1.07 bits per heavy atom. The summed E-state index contributed by atoms with van der Waals surface area (Å²) in [5.74, 6) is 0.520. The summed E-state index contributed by atoms with van der Waals surface area (Å²) in [7, 11) is 1.72. The van der Waals surface area contributed by atoms with E-state index < -0.39 is 0 Å². The lowest BCUT2D eigenvalue weighted by Gasteiger charge is -2.19. The Balaban J connectivity index is 1.76. The maximum Gasteiger partial charge on any atom is 0.264 e. The van der Waals surface area contributed by atoms with E-state index in [-0.39, 0.29) is 12.5 Å². The van der Waals surface area contributed by atoms with Gasteiger partial charge in [-0.3, -0.25) is 9.78 Å². The first-order valence-corrected chi connectivity index (χ1v) is 9.02. The number of pyridine rings is 1. The lowest BCUT2D eigenvalue weighted by Crippen LogP contribution is -2.31. The molecule has 3 rings (SSSR count). The van der Waals surface area contributed by atoms with Gasteiger partial charge < -0.3 is 9.64 Å². The van der Waals surface area contributed by atoms with Crippen molar-refractivity contribution in [3.8, 4) is 17.0 Å². The number of likely N-dealkylation sites (N-methyl/N-ethyl adjacent to an activating group) is 1. The highest BCUT2D eigenvalue weighted by atomic mass is 35.5. The fraction of sp³-hybridized carbons (Fsp3) is 0.182. The fourth-order valence-corrected chi connectivity index (χ4v) is 2.79. The molecule has 3 aromatic rings. The molecule has 138 valence electrons. The largest absolute Gasteiger partial charge is 0.483 e. The van der Waals surface area contributed by atoms with Crippen LogP contribution >= 0.6 is 11.6 Å². The Morgan fingerprint density at radius 3 is 2.41 bits per heavy atom. The van der Waals surface area contributed by atoms with Crippen molar-refractivity contribution >= 4 is 23.2 Å². The molecule has 1 heterocycles. The fourth-order valence-electron chi connectivity index (χ4n) is 2.66. The lowest BCUT2D eigenvalue weighted by atomic mass is 10.1. The Kier molecular flexibility index (Phi) is 5.77. The third kappa shape index (κ3) is 4.47. The second-order valence-electron chi connectivity index (χ2n) is 6.30. The van der Waals surface area contributed by atoms with E-state index in [1.54, 1.807) is 36.2 Å². The van der Waals surface area contributed by atoms with Crippen molar-refractivity contribution in [2.75, 3.05) is 18.6 Å². The van der Waals surface area contributed by atoms with Crippen LogP contribution in [0.3, 0.4) is 0 Å². The van der Waals surface area contributed by atoms with E-state index in [2.05, 4.69) is 4.98 Å². The minimum absolute atomic E-state index is 0.0579. The molecule has 1 amide bonds. The maximum atomic E-state index is 12.5. The third-order valence-corrected chi connectivity index (χ3v) is 4.73. The van der Waals surface area contributed by atoms with Crippen molar-refractivity contribution in [3.63, 3.8) is 0 Å². The second kappa shape index (κ2) is 8.23. The molecule has 0 saturated heterocycles. The molecule has 0 spiro atoms. The predicted molar refractivity (Wildman–Crippen MR) is 110 cm³/mol. The number of hydrogen-bond acceptors (Lipinski definition) is 3. The first-order chi connectivity index (χ1) is 13.0. The van der Waals surface area contributed by atoms with Crippen LogP contribution in [0.1, 0.15) is 11.3 Å². The molecule has 0 N–H and O–H groups in total. The summed E-state index contributed by atoms with van der Waals surface area (Å²) in [5, 5.41) is 0.632. The SMILES string of the molecule is Cc1nc(-c2ccccc2)cc(OCC(=O)N(C)c2ccc(Cl)cc2)c1C. The van der Waals surface area contributed by atoms with E-state index in [9.17, 15) is 4.79 Å². The van der Waals surface area contributed by atoms with Crippen LogP contribution in [0.5, 0.6) is 5.75 Å². The molecule has 5 heteroatoms. The standard InChI is InChI=1S/C22H21ClN2O2/c1-15-16(2)24-20(17-7-5-4-6-8-17)13-21(15)27-14-22(26)25(3)19-11-9-18(23)10-12-19/h4-13H,14H2,1-3H3. The van der Waals surface area contributed by atoms with Gasteiger partial charge in [-0.05, 0) is 38.1 Å². The number of aryl methyl sites for hydroxylation is 1. The first-order valence-electron chi connectivity index (χ1n) is 8.64. The normalized spacial score (nSPS) is 10.5. The quantitative estimate of drug-likeness (QED) is 0.621. The van der Waals surface area contributed by atoms with Crippen LogP contribution in [0.15, 0.2) is 60.7 Å². The second-order valence-corrected chi connectivity index (χ2v) is 6.74. The van der Waals surface area contributed by atoms with Gasteiger partial charge in [0.2, 0.25) is 0 Å². The number of ether oxygens (including phenoxy) is 1. The zero-order chi connectivity index (χ0) is 19.4. The Morgan fingerprint density at radius 2 is 1.74 bits per heavy atom. The van der Waals surface area contributed by atoms with Crippen LogP contribution in [-0.2, 0) is 4.79 Å². The van der Waals surface area contributed by atoms with Crippen molar-refractivity contribution < 1.29 is 9.53 Å². The molecular formula is C22H21ClN2O2. The van der Waals surface area contributed by atoms with Crippen LogP contribution in [0.2, 0.25) is 5.02 Å². The number of halogens is 1. The zero-order valence-electron chi connectivity index (χ0n) is 15.6. The molecule has 0 radical (unpaired) electrons. The van der Waals surface area contributed by atoms with Crippen LogP contribution in [0.4, 0.5) is 5.69 Å². The van der Waals surface area contributed by atoms with Crippen molar-refractivity contribution in [1.82, 2.24) is 4.98 Å². The molecule has 0 fully saturated rings. The van der Waals surface area contributed by atoms with Crippen LogP contribution < -0.4 is 9.64 Å². The van der Waals surface area contributed by atoms with Gasteiger partial charge in [0.25, 0.3) is 5.91 Å². The Hall–Kier alpha value is -2.85. The molecule has 0 saturated carbocycles. The number of carbonyl (C=O) groups excluding carboxylic acids is 1. The number of amides is 1. The van der Waals surface area contributed by atoms with Gasteiger partial charge in [-0.2, -0.15) is 0 Å². The molecular weight excluding hydrogens is 360 g/mol. The summed E-state index contributed by atoms with van der Waals surface area (Å²) in [6, 6.07) is 18.9. The number of carbonyl (C=O) groups is 1. The molecule has 27 heavy (non-hydrogen) atoms. The summed E-state index contributed by atoms with van der Waals surface area (Å²) in [4.78, 5) is 18.7. The topological polar surface area (TPSA) is 42.4 Å². The first kappa shape index (κ1) is 18.9. The minimum Gasteiger partial charge on any atom is -0.483 e. The molecule has 4 nitrogen and oxygen atoms in total. The highest BCUT2D eigenvalue weighted by molar-refractivity contribution is 6.30. The average molecular weight is 381 g/mol. The van der Waals surface area contributed by atoms with E-state index in [0.717, 1.165) is 28.2 Å². The lowest BCUT2D eigenvalue weighted by molar-refractivity contribution is -0.120. The van der Waals surface area contributed by atoms with E-state index >= 15 is 0 Å². The Bertz CT molecular complexity index is 941. The van der Waals surface area contributed by atoms with Crippen molar-refractivity contribution in [1.29, 1.82) is 0 Å². The molecule has 0 bridgehead atoms. The number of benzene rings is 2. The summed E-state index contributed by atoms with van der Waals surface area (Å²) in [6.45, 7) is 3.83. The summed E-state index contributed by atoms with van der Waals surface area (Å²) in [6.07, 6.45) is 0. The van der Waals surface area contributed by atoms with Crippen LogP contribution in [0, 0.1) is 13.8 Å². The van der Waals surface area contributed by atoms with E-state index in [4.69, 9.17) is 16.3 Å². The zero-order valence-corrected chi connectivity index (χ0v) is 16.3. The van der Waals surface area contributed by atoms with Gasteiger partial charge in [-0.1, -0.05) is 41.9 Å². The molecule has 2 aromatic carbocycles. The molecule has 0 aliphatic heterocycles. The van der Waals surface area contributed by atoms with Gasteiger partial charge in [-0.25, -0.2) is 0 Å². The van der Waals surface area contributed by atoms with Gasteiger partial charge >= 0.3 is 0 Å². The number of aromatic nitrogens is 1. The van der Waals surface area contributed by atoms with Gasteiger partial charge in [-0.15, -0.1) is 0 Å². The highest BCUT2D eigenvalue weighted by Gasteiger charge is 2.14. The number of anilines is 1. The minimum atomic E-state index is -0.146. The van der Waals surface area contributed by atoms with E-state index in [1.165, 1.54) is 0 Å². The molecule has 0 aliphatic rings. The van der Waals surface area contributed by atoms with E-state index in [1.807, 2.05) is 50.2 Å². The van der Waals surface area contributed by atoms with Crippen molar-refractivity contribution in [2.45, 2.75) is 13.8 Å². The number of hydrogen-bond donors (Lipinski definition) is 0. The maximum absolute atomic E-state index is 12.5. The van der Waals surface area contributed by atoms with Gasteiger partial charge in [0, 0.05) is 40.6 Å². The molecule has 0 aliphatic carbocycles. The summed E-state index contributed by atoms with van der Waals surface area (Å²) >= 11 is 5.90. The molecule has 1 aromatic heterocycles. The van der Waals surface area contributed by atoms with Crippen LogP contribution in [0.25, 0.3) is 11.3 Å². The van der Waals surface area contributed by atoms with Gasteiger partial charge in [0.05, 0.1) is 5.69 Å². The summed E-state index contributed by atoms with van der Waals surface area (Å²) < 4.78 is 5.85. The predicted octanol–water partition coefficient (Wildman–Crippen LogP) is 5.06. The van der Waals surface area contributed by atoms with E-state index in [0.29, 0.717) is 10.8 Å². The van der Waals surface area contributed by atoms with Crippen molar-refractivity contribution in [3.05, 3.63) is 76.9 Å². The monoisotopic (exact) mass is 380 g/mol. The Labute approximate surface area is 164 Å². The van der Waals surface area contributed by atoms with Crippen molar-refractivity contribution in [2.24, 2.45) is 0 Å². The average Bonchev–Trinajstić information content (AvgIpc) is 2.69.